The van der Waals surface area contributed by atoms with Crippen molar-refractivity contribution in [2.24, 2.45) is 16.7 Å². The Morgan fingerprint density at radius 1 is 1.40 bits per heavy atom. The Hall–Kier alpha value is -0.0400. The van der Waals surface area contributed by atoms with Gasteiger partial charge in [0.1, 0.15) is 0 Å². The van der Waals surface area contributed by atoms with Crippen LogP contribution >= 0.6 is 0 Å². The van der Waals surface area contributed by atoms with Gasteiger partial charge in [0.15, 0.2) is 0 Å². The first-order valence-electron chi connectivity index (χ1n) is 4.43. The summed E-state index contributed by atoms with van der Waals surface area (Å²) in [4.78, 5) is 0. The second-order valence-electron chi connectivity index (χ2n) is 4.92. The molecule has 2 heterocycles. The van der Waals surface area contributed by atoms with Crippen molar-refractivity contribution in [1.29, 1.82) is 0 Å². The molecule has 54 valence electrons. The van der Waals surface area contributed by atoms with Crippen molar-refractivity contribution >= 4 is 0 Å². The lowest BCUT2D eigenvalue weighted by atomic mass is 9.57. The summed E-state index contributed by atoms with van der Waals surface area (Å²) >= 11 is 0. The summed E-state index contributed by atoms with van der Waals surface area (Å²) in [6.45, 7) is 2.45. The first-order valence-corrected chi connectivity index (χ1v) is 4.43. The minimum Gasteiger partial charge on any atom is -0.374 e. The van der Waals surface area contributed by atoms with E-state index in [2.05, 4.69) is 6.92 Å². The van der Waals surface area contributed by atoms with Gasteiger partial charge in [0.05, 0.1) is 12.2 Å². The summed E-state index contributed by atoms with van der Waals surface area (Å²) in [7, 11) is 0. The molecule has 4 saturated carbocycles. The van der Waals surface area contributed by atoms with Crippen molar-refractivity contribution in [3.8, 4) is 0 Å². The summed E-state index contributed by atoms with van der Waals surface area (Å²) in [5, 5.41) is 0. The van der Waals surface area contributed by atoms with E-state index < -0.39 is 0 Å². The minimum atomic E-state index is 0.682. The molecule has 1 heteroatoms. The van der Waals surface area contributed by atoms with Crippen molar-refractivity contribution in [3.05, 3.63) is 0 Å². The van der Waals surface area contributed by atoms with Gasteiger partial charge in [-0.25, -0.2) is 0 Å². The quantitative estimate of drug-likeness (QED) is 0.491. The van der Waals surface area contributed by atoms with Gasteiger partial charge in [-0.2, -0.15) is 0 Å². The largest absolute Gasteiger partial charge is 0.374 e. The lowest BCUT2D eigenvalue weighted by molar-refractivity contribution is -0.0875. The van der Waals surface area contributed by atoms with E-state index in [1.54, 1.807) is 0 Å². The van der Waals surface area contributed by atoms with Crippen LogP contribution in [0.25, 0.3) is 0 Å². The standard InChI is InChI=1S/C9H12O/c1-8-5-2-6-4-9(8,3-5)7(8)10-6/h5-7H,2-4H2,1H3. The molecule has 0 aromatic rings. The molecule has 6 aliphatic rings. The third-order valence-electron chi connectivity index (χ3n) is 4.96. The predicted octanol–water partition coefficient (Wildman–Crippen LogP) is 1.57. The Labute approximate surface area is 60.7 Å². The highest BCUT2D eigenvalue weighted by atomic mass is 16.5. The summed E-state index contributed by atoms with van der Waals surface area (Å²) in [6, 6.07) is 0. The van der Waals surface area contributed by atoms with E-state index in [-0.39, 0.29) is 0 Å². The SMILES string of the molecule is CC12C3CC4CC1(C3)C2O4. The van der Waals surface area contributed by atoms with Gasteiger partial charge in [-0.3, -0.25) is 0 Å². The van der Waals surface area contributed by atoms with Gasteiger partial charge in [-0.15, -0.1) is 0 Å². The molecule has 1 spiro atoms. The van der Waals surface area contributed by atoms with E-state index in [0.29, 0.717) is 17.6 Å². The van der Waals surface area contributed by atoms with Crippen LogP contribution in [0.1, 0.15) is 26.2 Å². The van der Waals surface area contributed by atoms with Crippen molar-refractivity contribution in [3.63, 3.8) is 0 Å². The number of ether oxygens (including phenoxy) is 1. The van der Waals surface area contributed by atoms with E-state index in [1.165, 1.54) is 19.3 Å². The highest BCUT2D eigenvalue weighted by Crippen LogP contribution is 2.89. The zero-order valence-electron chi connectivity index (χ0n) is 6.26. The fraction of sp³-hybridized carbons (Fsp3) is 1.00. The zero-order valence-corrected chi connectivity index (χ0v) is 6.26. The summed E-state index contributed by atoms with van der Waals surface area (Å²) < 4.78 is 5.88. The lowest BCUT2D eigenvalue weighted by Gasteiger charge is -2.49. The Morgan fingerprint density at radius 2 is 2.30 bits per heavy atom. The average Bonchev–Trinajstić information content (AvgIpc) is 2.26. The van der Waals surface area contributed by atoms with Crippen LogP contribution in [0.15, 0.2) is 0 Å². The number of hydrogen-bond donors (Lipinski definition) is 0. The predicted molar refractivity (Wildman–Crippen MR) is 36.5 cm³/mol. The first-order chi connectivity index (χ1) is 4.77. The second-order valence-corrected chi connectivity index (χ2v) is 4.92. The molecule has 0 aromatic carbocycles. The van der Waals surface area contributed by atoms with Crippen LogP contribution in [0, 0.1) is 16.7 Å². The van der Waals surface area contributed by atoms with Crippen LogP contribution in [0.2, 0.25) is 0 Å². The smallest absolute Gasteiger partial charge is 0.0704 e. The van der Waals surface area contributed by atoms with Gasteiger partial charge in [0.25, 0.3) is 0 Å². The van der Waals surface area contributed by atoms with Gasteiger partial charge in [-0.1, -0.05) is 6.92 Å². The molecular weight excluding hydrogens is 124 g/mol. The van der Waals surface area contributed by atoms with Gasteiger partial charge in [-0.05, 0) is 25.2 Å². The Bertz CT molecular complexity index is 229. The van der Waals surface area contributed by atoms with Crippen molar-refractivity contribution in [1.82, 2.24) is 0 Å². The molecule has 2 saturated heterocycles. The van der Waals surface area contributed by atoms with Gasteiger partial charge >= 0.3 is 0 Å². The monoisotopic (exact) mass is 136 g/mol. The molecule has 0 radical (unpaired) electrons. The van der Waals surface area contributed by atoms with Crippen molar-refractivity contribution < 1.29 is 4.74 Å². The topological polar surface area (TPSA) is 9.23 Å². The van der Waals surface area contributed by atoms with E-state index >= 15 is 0 Å². The summed E-state index contributed by atoms with van der Waals surface area (Å²) in [5.74, 6) is 1.06. The molecule has 5 atom stereocenters. The van der Waals surface area contributed by atoms with E-state index in [1.807, 2.05) is 0 Å². The highest BCUT2D eigenvalue weighted by molar-refractivity contribution is 5.37. The fourth-order valence-corrected chi connectivity index (χ4v) is 4.33. The van der Waals surface area contributed by atoms with Gasteiger partial charge in [0.2, 0.25) is 0 Å². The molecule has 4 aliphatic carbocycles. The molecule has 10 heavy (non-hydrogen) atoms. The van der Waals surface area contributed by atoms with E-state index in [0.717, 1.165) is 11.3 Å². The number of hydrogen-bond acceptors (Lipinski definition) is 1. The Balaban J connectivity index is 1.98. The van der Waals surface area contributed by atoms with Crippen molar-refractivity contribution in [2.45, 2.75) is 38.4 Å². The Kier molecular flexibility index (Phi) is 0.434. The first kappa shape index (κ1) is 4.76. The van der Waals surface area contributed by atoms with Gasteiger partial charge in [0, 0.05) is 10.8 Å². The minimum absolute atomic E-state index is 0.682. The molecule has 6 fully saturated rings. The maximum Gasteiger partial charge on any atom is 0.0704 e. The normalized spacial score (nSPS) is 80.7. The second kappa shape index (κ2) is 0.911. The molecule has 5 unspecified atom stereocenters. The van der Waals surface area contributed by atoms with Crippen LogP contribution in [-0.4, -0.2) is 12.2 Å². The fourth-order valence-electron chi connectivity index (χ4n) is 4.33. The lowest BCUT2D eigenvalue weighted by Crippen LogP contribution is -2.45. The van der Waals surface area contributed by atoms with E-state index in [9.17, 15) is 0 Å². The molecule has 6 rings (SSSR count). The van der Waals surface area contributed by atoms with Crippen LogP contribution in [0.5, 0.6) is 0 Å². The molecule has 5 bridgehead atoms. The van der Waals surface area contributed by atoms with Crippen LogP contribution in [-0.2, 0) is 4.74 Å². The Morgan fingerprint density at radius 3 is 2.80 bits per heavy atom. The van der Waals surface area contributed by atoms with Crippen LogP contribution in [0.3, 0.4) is 0 Å². The third-order valence-corrected chi connectivity index (χ3v) is 4.96. The average molecular weight is 136 g/mol. The molecule has 0 amide bonds. The molecule has 2 aliphatic heterocycles. The zero-order chi connectivity index (χ0) is 6.56. The van der Waals surface area contributed by atoms with Gasteiger partial charge < -0.3 is 4.74 Å². The molecule has 0 N–H and O–H groups in total. The number of rotatable bonds is 0. The maximum atomic E-state index is 5.88. The summed E-state index contributed by atoms with van der Waals surface area (Å²) in [5.41, 5.74) is 1.42. The molecular formula is C9H12O. The maximum absolute atomic E-state index is 5.88. The van der Waals surface area contributed by atoms with E-state index in [4.69, 9.17) is 4.74 Å². The highest BCUT2D eigenvalue weighted by Gasteiger charge is 2.90. The van der Waals surface area contributed by atoms with Crippen molar-refractivity contribution in [2.75, 3.05) is 0 Å². The molecule has 0 aromatic heterocycles. The summed E-state index contributed by atoms with van der Waals surface area (Å²) in [6.07, 6.45) is 5.69. The molecule has 1 nitrogen and oxygen atoms in total. The van der Waals surface area contributed by atoms with Crippen LogP contribution < -0.4 is 0 Å². The third kappa shape index (κ3) is 0.209. The van der Waals surface area contributed by atoms with Crippen LogP contribution in [0.4, 0.5) is 0 Å².